The van der Waals surface area contributed by atoms with Gasteiger partial charge in [0.2, 0.25) is 11.5 Å². The molecule has 0 unspecified atom stereocenters. The number of aromatic amines is 1. The van der Waals surface area contributed by atoms with Gasteiger partial charge in [0.25, 0.3) is 17.7 Å². The number of nitrogens with zero attached hydrogens (tertiary/aromatic N) is 3. The van der Waals surface area contributed by atoms with E-state index in [1.807, 2.05) is 30.3 Å². The number of amides is 4. The molecule has 4 bridgehead atoms. The van der Waals surface area contributed by atoms with Crippen LogP contribution in [0.4, 0.5) is 0 Å². The van der Waals surface area contributed by atoms with Gasteiger partial charge in [-0.3, -0.25) is 24.0 Å². The molecule has 0 saturated heterocycles. The predicted octanol–water partition coefficient (Wildman–Crippen LogP) is 4.26. The zero-order valence-electron chi connectivity index (χ0n) is 26.9. The van der Waals surface area contributed by atoms with Crippen molar-refractivity contribution in [2.45, 2.75) is 58.0 Å². The second-order valence-corrected chi connectivity index (χ2v) is 13.8. The molecular formula is C34H39N7O5S2. The number of aromatic nitrogens is 3. The van der Waals surface area contributed by atoms with E-state index < -0.39 is 6.04 Å². The fraction of sp³-hybridized carbons (Fsp3) is 0.382. The summed E-state index contributed by atoms with van der Waals surface area (Å²) in [6, 6.07) is 11.6. The second kappa shape index (κ2) is 16.4. The number of nitrogens with one attached hydrogen (secondary N) is 4. The Morgan fingerprint density at radius 1 is 0.896 bits per heavy atom. The molecule has 12 nitrogen and oxygen atoms in total. The number of hydrogen-bond donors (Lipinski definition) is 4. The van der Waals surface area contributed by atoms with E-state index >= 15 is 0 Å². The molecule has 48 heavy (non-hydrogen) atoms. The van der Waals surface area contributed by atoms with E-state index in [4.69, 9.17) is 0 Å². The number of pyridine rings is 1. The van der Waals surface area contributed by atoms with Crippen LogP contribution in [0.2, 0.25) is 0 Å². The number of rotatable bonds is 5. The van der Waals surface area contributed by atoms with E-state index in [1.54, 1.807) is 21.7 Å². The van der Waals surface area contributed by atoms with Gasteiger partial charge in [0, 0.05) is 54.6 Å². The molecule has 4 aromatic rings. The Balaban J connectivity index is 1.42. The zero-order valence-corrected chi connectivity index (χ0v) is 28.5. The molecular weight excluding hydrogens is 651 g/mol. The Morgan fingerprint density at radius 2 is 1.58 bits per heavy atom. The van der Waals surface area contributed by atoms with Gasteiger partial charge in [-0.05, 0) is 43.2 Å². The highest BCUT2D eigenvalue weighted by Crippen LogP contribution is 2.27. The van der Waals surface area contributed by atoms with Crippen molar-refractivity contribution in [1.82, 2.24) is 35.8 Å². The van der Waals surface area contributed by atoms with Crippen molar-refractivity contribution < 1.29 is 19.2 Å². The van der Waals surface area contributed by atoms with Crippen LogP contribution in [0, 0.1) is 5.92 Å². The smallest absolute Gasteiger partial charge is 0.271 e. The average Bonchev–Trinajstić information content (AvgIpc) is 3.76. The quantitative estimate of drug-likeness (QED) is 0.243. The lowest BCUT2D eigenvalue weighted by Crippen LogP contribution is -2.36. The highest BCUT2D eigenvalue weighted by molar-refractivity contribution is 7.10. The minimum Gasteiger partial charge on any atom is -0.351 e. The average molecular weight is 690 g/mol. The highest BCUT2D eigenvalue weighted by atomic mass is 32.1. The van der Waals surface area contributed by atoms with E-state index in [2.05, 4.69) is 44.7 Å². The van der Waals surface area contributed by atoms with E-state index in [1.165, 1.54) is 34.9 Å². The Bertz CT molecular complexity index is 1780. The van der Waals surface area contributed by atoms with E-state index in [0.29, 0.717) is 42.2 Å². The lowest BCUT2D eigenvalue weighted by Gasteiger charge is -2.23. The number of carbonyl (C=O) groups excluding carboxylic acids is 4. The molecule has 14 heteroatoms. The molecule has 5 rings (SSSR count). The Kier molecular flexibility index (Phi) is 11.9. The van der Waals surface area contributed by atoms with Crippen molar-refractivity contribution >= 4 is 46.3 Å². The van der Waals surface area contributed by atoms with Crippen LogP contribution in [0.15, 0.2) is 64.2 Å². The van der Waals surface area contributed by atoms with E-state index in [-0.39, 0.29) is 77.6 Å². The van der Waals surface area contributed by atoms with Crippen LogP contribution in [-0.2, 0) is 11.2 Å². The Labute approximate surface area is 286 Å². The van der Waals surface area contributed by atoms with Crippen LogP contribution in [0.1, 0.15) is 98.5 Å². The zero-order chi connectivity index (χ0) is 34.0. The molecule has 252 valence electrons. The molecule has 3 aromatic heterocycles. The number of carbonyl (C=O) groups is 4. The number of benzene rings is 1. The third-order valence-electron chi connectivity index (χ3n) is 7.77. The van der Waals surface area contributed by atoms with Gasteiger partial charge in [0.1, 0.15) is 21.4 Å². The first-order valence-corrected chi connectivity index (χ1v) is 17.7. The summed E-state index contributed by atoms with van der Waals surface area (Å²) in [5.41, 5.74) is 1.33. The Hall–Kier alpha value is -4.69. The molecule has 0 radical (unpaired) electrons. The van der Waals surface area contributed by atoms with Crippen LogP contribution in [0.25, 0.3) is 0 Å². The van der Waals surface area contributed by atoms with Crippen molar-refractivity contribution in [2.24, 2.45) is 5.92 Å². The molecule has 1 aromatic carbocycles. The molecule has 0 fully saturated rings. The van der Waals surface area contributed by atoms with Gasteiger partial charge in [0.05, 0.1) is 12.1 Å². The molecule has 1 aliphatic rings. The summed E-state index contributed by atoms with van der Waals surface area (Å²) in [7, 11) is 0. The highest BCUT2D eigenvalue weighted by Gasteiger charge is 2.26. The van der Waals surface area contributed by atoms with Gasteiger partial charge in [-0.15, -0.1) is 22.7 Å². The first-order valence-electron chi connectivity index (χ1n) is 16.0. The van der Waals surface area contributed by atoms with Crippen LogP contribution in [-0.4, -0.2) is 63.1 Å². The minimum atomic E-state index is -0.512. The third kappa shape index (κ3) is 9.44. The van der Waals surface area contributed by atoms with Gasteiger partial charge < -0.3 is 25.8 Å². The topological polar surface area (TPSA) is 166 Å². The van der Waals surface area contributed by atoms with Crippen molar-refractivity contribution in [3.8, 4) is 0 Å². The lowest BCUT2D eigenvalue weighted by atomic mass is 10.0. The molecule has 4 amide bonds. The van der Waals surface area contributed by atoms with E-state index in [9.17, 15) is 24.0 Å². The van der Waals surface area contributed by atoms with Crippen molar-refractivity contribution in [3.63, 3.8) is 0 Å². The summed E-state index contributed by atoms with van der Waals surface area (Å²) in [6.45, 7) is 4.97. The third-order valence-corrected chi connectivity index (χ3v) is 9.68. The monoisotopic (exact) mass is 689 g/mol. The van der Waals surface area contributed by atoms with Gasteiger partial charge in [-0.2, -0.15) is 0 Å². The first-order chi connectivity index (χ1) is 23.2. The van der Waals surface area contributed by atoms with Crippen LogP contribution in [0.5, 0.6) is 0 Å². The normalized spacial score (nSPS) is 18.4. The van der Waals surface area contributed by atoms with Crippen molar-refractivity contribution in [3.05, 3.63) is 102 Å². The minimum absolute atomic E-state index is 0.163. The molecule has 2 atom stereocenters. The Morgan fingerprint density at radius 3 is 2.29 bits per heavy atom. The number of hydrogen-bond acceptors (Lipinski definition) is 9. The van der Waals surface area contributed by atoms with Crippen molar-refractivity contribution in [2.75, 3.05) is 19.6 Å². The summed E-state index contributed by atoms with van der Waals surface area (Å²) >= 11 is 2.61. The fourth-order valence-corrected chi connectivity index (χ4v) is 7.13. The van der Waals surface area contributed by atoms with Crippen LogP contribution >= 0.6 is 22.7 Å². The molecule has 4 N–H and O–H groups in total. The number of thiazole rings is 2. The first kappa shape index (κ1) is 34.6. The van der Waals surface area contributed by atoms with Gasteiger partial charge in [0.15, 0.2) is 0 Å². The number of fused-ring (bicyclic) bond motifs is 4. The second-order valence-electron chi connectivity index (χ2n) is 12.1. The van der Waals surface area contributed by atoms with Gasteiger partial charge >= 0.3 is 0 Å². The maximum Gasteiger partial charge on any atom is 0.271 e. The molecule has 4 heterocycles. The fourth-order valence-electron chi connectivity index (χ4n) is 5.41. The van der Waals surface area contributed by atoms with Gasteiger partial charge in [-0.1, -0.05) is 44.2 Å². The summed E-state index contributed by atoms with van der Waals surface area (Å²) in [5.74, 6) is -1.00. The largest absolute Gasteiger partial charge is 0.351 e. The van der Waals surface area contributed by atoms with Crippen molar-refractivity contribution in [1.29, 1.82) is 0 Å². The molecule has 0 saturated carbocycles. The number of H-pyrrole nitrogens is 1. The summed E-state index contributed by atoms with van der Waals surface area (Å²) in [6.07, 6.45) is 3.51. The van der Waals surface area contributed by atoms with E-state index in [0.717, 1.165) is 5.56 Å². The summed E-state index contributed by atoms with van der Waals surface area (Å²) in [4.78, 5) is 78.4. The molecule has 0 spiro atoms. The SMILES string of the molecule is CC(C)C[C@@H]1NC(=O)CCCN(C(=O)c2cc[nH]c(=O)c2)CCCNC(=O)c2csc(n2)[C@H](Cc2ccccc2)NC(=O)c2csc1n2. The standard InChI is InChI=1S/C34H39N7O5S2/c1-21(2)16-24-32-40-27(20-48-32)31(45)38-25(17-22-8-4-3-5-9-22)33-39-26(19-47-33)30(44)36-12-7-15-41(14-6-10-28(42)37-24)34(46)23-11-13-35-29(43)18-23/h3-5,8-9,11,13,18-21,24-25H,6-7,10,12,14-17H2,1-2H3,(H,35,43)(H,36,44)(H,37,42)(H,38,45)/t24-,25-/m0/s1. The maximum absolute atomic E-state index is 13.5. The van der Waals surface area contributed by atoms with Crippen LogP contribution < -0.4 is 21.5 Å². The summed E-state index contributed by atoms with van der Waals surface area (Å²) in [5, 5.41) is 13.6. The van der Waals surface area contributed by atoms with Gasteiger partial charge in [-0.25, -0.2) is 9.97 Å². The van der Waals surface area contributed by atoms with Crippen LogP contribution in [0.3, 0.4) is 0 Å². The predicted molar refractivity (Wildman–Crippen MR) is 184 cm³/mol. The molecule has 0 aliphatic carbocycles. The maximum atomic E-state index is 13.5. The molecule has 1 aliphatic heterocycles. The lowest BCUT2D eigenvalue weighted by molar-refractivity contribution is -0.122. The summed E-state index contributed by atoms with van der Waals surface area (Å²) < 4.78 is 0.